The lowest BCUT2D eigenvalue weighted by molar-refractivity contribution is -0.123. The topological polar surface area (TPSA) is 103 Å². The molecule has 0 aliphatic heterocycles. The highest BCUT2D eigenvalue weighted by atomic mass is 79.9. The van der Waals surface area contributed by atoms with E-state index in [0.717, 1.165) is 0 Å². The Labute approximate surface area is 154 Å². The molecule has 8 nitrogen and oxygen atoms in total. The normalized spacial score (nSPS) is 10.2. The van der Waals surface area contributed by atoms with Crippen LogP contribution in [0.2, 0.25) is 0 Å². The molecule has 0 aliphatic rings. The summed E-state index contributed by atoms with van der Waals surface area (Å²) in [5.41, 5.74) is 0.173. The number of urea groups is 1. The van der Waals surface area contributed by atoms with Crippen molar-refractivity contribution >= 4 is 33.8 Å². The maximum Gasteiger partial charge on any atom is 0.338 e. The first-order valence-electron chi connectivity index (χ1n) is 7.56. The van der Waals surface area contributed by atoms with Crippen LogP contribution in [0, 0.1) is 0 Å². The van der Waals surface area contributed by atoms with Gasteiger partial charge in [0, 0.05) is 6.04 Å². The molecular formula is C16H21BrN2O6. The van der Waals surface area contributed by atoms with Gasteiger partial charge in [-0.15, -0.1) is 0 Å². The van der Waals surface area contributed by atoms with Crippen LogP contribution in [0.5, 0.6) is 11.5 Å². The number of rotatable bonds is 7. The van der Waals surface area contributed by atoms with Crippen LogP contribution in [0.25, 0.3) is 0 Å². The quantitative estimate of drug-likeness (QED) is 0.660. The van der Waals surface area contributed by atoms with Gasteiger partial charge in [0.1, 0.15) is 0 Å². The van der Waals surface area contributed by atoms with Crippen molar-refractivity contribution in [1.82, 2.24) is 10.6 Å². The second-order valence-electron chi connectivity index (χ2n) is 5.17. The average molecular weight is 417 g/mol. The zero-order valence-electron chi connectivity index (χ0n) is 14.5. The van der Waals surface area contributed by atoms with E-state index in [1.54, 1.807) is 13.8 Å². The van der Waals surface area contributed by atoms with Crippen molar-refractivity contribution in [3.63, 3.8) is 0 Å². The number of esters is 1. The first-order chi connectivity index (χ1) is 11.8. The fourth-order valence-electron chi connectivity index (χ4n) is 1.80. The van der Waals surface area contributed by atoms with Crippen molar-refractivity contribution in [3.05, 3.63) is 22.2 Å². The molecule has 1 aromatic carbocycles. The van der Waals surface area contributed by atoms with Crippen LogP contribution in [-0.4, -0.2) is 44.3 Å². The molecule has 0 aliphatic carbocycles. The van der Waals surface area contributed by atoms with Crippen molar-refractivity contribution in [3.8, 4) is 11.5 Å². The number of ether oxygens (including phenoxy) is 3. The van der Waals surface area contributed by atoms with Gasteiger partial charge < -0.3 is 19.5 Å². The standard InChI is InChI=1S/C16H21BrN2O6/c1-5-24-14-11(17)6-10(7-12(14)23-4)15(21)25-8-13(20)19-16(22)18-9(2)3/h6-7,9H,5,8H2,1-4H3,(H2,18,19,20,22). The molecule has 25 heavy (non-hydrogen) atoms. The van der Waals surface area contributed by atoms with Gasteiger partial charge in [-0.05, 0) is 48.8 Å². The molecule has 0 heterocycles. The zero-order valence-corrected chi connectivity index (χ0v) is 16.1. The summed E-state index contributed by atoms with van der Waals surface area (Å²) in [4.78, 5) is 35.1. The second-order valence-corrected chi connectivity index (χ2v) is 6.03. The molecule has 0 bridgehead atoms. The number of carbonyl (C=O) groups excluding carboxylic acids is 3. The summed E-state index contributed by atoms with van der Waals surface area (Å²) in [6.45, 7) is 5.17. The second kappa shape index (κ2) is 9.87. The third-order valence-electron chi connectivity index (χ3n) is 2.76. The highest BCUT2D eigenvalue weighted by Gasteiger charge is 2.18. The number of imide groups is 1. The van der Waals surface area contributed by atoms with E-state index in [1.165, 1.54) is 19.2 Å². The molecule has 0 radical (unpaired) electrons. The molecule has 0 spiro atoms. The van der Waals surface area contributed by atoms with E-state index in [1.807, 2.05) is 6.92 Å². The van der Waals surface area contributed by atoms with Gasteiger partial charge in [-0.1, -0.05) is 0 Å². The number of hydrogen-bond donors (Lipinski definition) is 2. The van der Waals surface area contributed by atoms with E-state index in [4.69, 9.17) is 14.2 Å². The van der Waals surface area contributed by atoms with Gasteiger partial charge in [0.25, 0.3) is 5.91 Å². The molecule has 0 saturated carbocycles. The highest BCUT2D eigenvalue weighted by Crippen LogP contribution is 2.36. The van der Waals surface area contributed by atoms with Gasteiger partial charge in [0.15, 0.2) is 18.1 Å². The van der Waals surface area contributed by atoms with Gasteiger partial charge in [-0.2, -0.15) is 0 Å². The van der Waals surface area contributed by atoms with E-state index in [-0.39, 0.29) is 11.6 Å². The highest BCUT2D eigenvalue weighted by molar-refractivity contribution is 9.10. The van der Waals surface area contributed by atoms with E-state index in [2.05, 4.69) is 26.6 Å². The Morgan fingerprint density at radius 3 is 2.48 bits per heavy atom. The molecule has 0 aromatic heterocycles. The van der Waals surface area contributed by atoms with E-state index in [9.17, 15) is 14.4 Å². The molecule has 2 N–H and O–H groups in total. The Balaban J connectivity index is 2.70. The average Bonchev–Trinajstić information content (AvgIpc) is 2.53. The van der Waals surface area contributed by atoms with Crippen molar-refractivity contribution < 1.29 is 28.6 Å². The predicted molar refractivity (Wildman–Crippen MR) is 94.0 cm³/mol. The summed E-state index contributed by atoms with van der Waals surface area (Å²) in [5, 5.41) is 4.54. The molecule has 138 valence electrons. The zero-order chi connectivity index (χ0) is 19.0. The molecule has 1 rings (SSSR count). The summed E-state index contributed by atoms with van der Waals surface area (Å²) in [5.74, 6) is -0.654. The summed E-state index contributed by atoms with van der Waals surface area (Å²) < 4.78 is 16.0. The lowest BCUT2D eigenvalue weighted by atomic mass is 10.2. The maximum atomic E-state index is 12.1. The summed E-state index contributed by atoms with van der Waals surface area (Å²) in [6.07, 6.45) is 0. The Kier molecular flexibility index (Phi) is 8.20. The Morgan fingerprint density at radius 2 is 1.92 bits per heavy atom. The molecule has 1 aromatic rings. The number of hydrogen-bond acceptors (Lipinski definition) is 6. The van der Waals surface area contributed by atoms with Gasteiger partial charge in [0.05, 0.1) is 23.8 Å². The van der Waals surface area contributed by atoms with E-state index < -0.39 is 24.5 Å². The SMILES string of the molecule is CCOc1c(Br)cc(C(=O)OCC(=O)NC(=O)NC(C)C)cc1OC. The largest absolute Gasteiger partial charge is 0.493 e. The van der Waals surface area contributed by atoms with Crippen LogP contribution in [0.3, 0.4) is 0 Å². The summed E-state index contributed by atoms with van der Waals surface area (Å²) in [6, 6.07) is 2.17. The first kappa shape index (κ1) is 20.8. The minimum absolute atomic E-state index is 0.121. The molecule has 0 saturated heterocycles. The smallest absolute Gasteiger partial charge is 0.338 e. The lowest BCUT2D eigenvalue weighted by Crippen LogP contribution is -2.44. The van der Waals surface area contributed by atoms with Crippen LogP contribution in [0.15, 0.2) is 16.6 Å². The molecule has 9 heteroatoms. The van der Waals surface area contributed by atoms with Gasteiger partial charge in [-0.25, -0.2) is 9.59 Å². The van der Waals surface area contributed by atoms with Crippen molar-refractivity contribution in [1.29, 1.82) is 0 Å². The number of amides is 3. The van der Waals surface area contributed by atoms with Gasteiger partial charge in [-0.3, -0.25) is 10.1 Å². The summed E-state index contributed by atoms with van der Waals surface area (Å²) >= 11 is 3.30. The Morgan fingerprint density at radius 1 is 1.24 bits per heavy atom. The van der Waals surface area contributed by atoms with E-state index >= 15 is 0 Å². The van der Waals surface area contributed by atoms with Crippen molar-refractivity contribution in [2.45, 2.75) is 26.8 Å². The lowest BCUT2D eigenvalue weighted by Gasteiger charge is -2.13. The van der Waals surface area contributed by atoms with Crippen LogP contribution in [-0.2, 0) is 9.53 Å². The Hall–Kier alpha value is -2.29. The first-order valence-corrected chi connectivity index (χ1v) is 8.35. The molecule has 0 atom stereocenters. The minimum Gasteiger partial charge on any atom is -0.493 e. The monoisotopic (exact) mass is 416 g/mol. The number of nitrogens with one attached hydrogen (secondary N) is 2. The van der Waals surface area contributed by atoms with E-state index in [0.29, 0.717) is 22.6 Å². The fraction of sp³-hybridized carbons (Fsp3) is 0.438. The molecule has 3 amide bonds. The molecular weight excluding hydrogens is 396 g/mol. The molecule has 0 fully saturated rings. The minimum atomic E-state index is -0.735. The summed E-state index contributed by atoms with van der Waals surface area (Å²) in [7, 11) is 1.44. The maximum absolute atomic E-state index is 12.1. The molecule has 0 unspecified atom stereocenters. The predicted octanol–water partition coefficient (Wildman–Crippen LogP) is 2.25. The van der Waals surface area contributed by atoms with Crippen LogP contribution in [0.4, 0.5) is 4.79 Å². The third kappa shape index (κ3) is 6.61. The van der Waals surface area contributed by atoms with Gasteiger partial charge >= 0.3 is 12.0 Å². The van der Waals surface area contributed by atoms with Crippen LogP contribution < -0.4 is 20.1 Å². The number of halogens is 1. The number of benzene rings is 1. The fourth-order valence-corrected chi connectivity index (χ4v) is 2.35. The number of methoxy groups -OCH3 is 1. The van der Waals surface area contributed by atoms with Gasteiger partial charge in [0.2, 0.25) is 0 Å². The Bertz CT molecular complexity index is 648. The third-order valence-corrected chi connectivity index (χ3v) is 3.35. The van der Waals surface area contributed by atoms with Crippen molar-refractivity contribution in [2.24, 2.45) is 0 Å². The van der Waals surface area contributed by atoms with Crippen LogP contribution in [0.1, 0.15) is 31.1 Å². The van der Waals surface area contributed by atoms with Crippen molar-refractivity contribution in [2.75, 3.05) is 20.3 Å². The van der Waals surface area contributed by atoms with Crippen LogP contribution >= 0.6 is 15.9 Å². The number of carbonyl (C=O) groups is 3.